The van der Waals surface area contributed by atoms with Gasteiger partial charge in [-0.05, 0) is 13.8 Å². The molecule has 0 unspecified atom stereocenters. The Hall–Kier alpha value is -1.12. The molecule has 1 amide bonds. The highest BCUT2D eigenvalue weighted by molar-refractivity contribution is 5.93. The van der Waals surface area contributed by atoms with Crippen molar-refractivity contribution >= 4 is 12.1 Å². The molecule has 0 fully saturated rings. The van der Waals surface area contributed by atoms with Gasteiger partial charge in [-0.1, -0.05) is 6.08 Å². The monoisotopic (exact) mass is 140 g/mol. The molecule has 0 bridgehead atoms. The minimum absolute atomic E-state index is 0.152. The topological polar surface area (TPSA) is 41.5 Å². The number of rotatable bonds is 2. The third-order valence-electron chi connectivity index (χ3n) is 1.00. The van der Waals surface area contributed by atoms with Crippen molar-refractivity contribution in [3.05, 3.63) is 11.8 Å². The molecule has 0 aliphatic rings. The van der Waals surface area contributed by atoms with Crippen molar-refractivity contribution in [2.75, 3.05) is 7.05 Å². The molecule has 0 aliphatic heterocycles. The van der Waals surface area contributed by atoms with E-state index in [1.807, 2.05) is 0 Å². The van der Waals surface area contributed by atoms with Gasteiger partial charge in [-0.2, -0.15) is 0 Å². The first kappa shape index (κ1) is 8.88. The van der Waals surface area contributed by atoms with Crippen LogP contribution in [0, 0.1) is 0 Å². The smallest absolute Gasteiger partial charge is 0.269 e. The molecule has 0 saturated heterocycles. The van der Waals surface area contributed by atoms with Crippen LogP contribution in [0.3, 0.4) is 0 Å². The van der Waals surface area contributed by atoms with Crippen LogP contribution in [-0.2, 0) is 4.79 Å². The van der Waals surface area contributed by atoms with Crippen molar-refractivity contribution in [2.45, 2.75) is 13.8 Å². The zero-order valence-electron chi connectivity index (χ0n) is 6.51. The van der Waals surface area contributed by atoms with E-state index in [-0.39, 0.29) is 5.91 Å². The maximum Gasteiger partial charge on any atom is 0.269 e. The summed E-state index contributed by atoms with van der Waals surface area (Å²) < 4.78 is 0. The predicted molar refractivity (Wildman–Crippen MR) is 42.0 cm³/mol. The maximum absolute atomic E-state index is 10.8. The predicted octanol–water partition coefficient (Wildman–Crippen LogP) is 0.727. The van der Waals surface area contributed by atoms with Gasteiger partial charge in [-0.3, -0.25) is 9.79 Å². The van der Waals surface area contributed by atoms with E-state index in [1.165, 1.54) is 0 Å². The van der Waals surface area contributed by atoms with Crippen LogP contribution in [0.5, 0.6) is 0 Å². The Morgan fingerprint density at radius 1 is 1.50 bits per heavy atom. The summed E-state index contributed by atoms with van der Waals surface area (Å²) in [7, 11) is 1.58. The van der Waals surface area contributed by atoms with E-state index < -0.39 is 0 Å². The van der Waals surface area contributed by atoms with Gasteiger partial charge in [0, 0.05) is 13.3 Å². The van der Waals surface area contributed by atoms with Crippen molar-refractivity contribution in [1.29, 1.82) is 0 Å². The molecule has 0 saturated carbocycles. The summed E-state index contributed by atoms with van der Waals surface area (Å²) in [6, 6.07) is 0. The van der Waals surface area contributed by atoms with Crippen LogP contribution in [0.4, 0.5) is 0 Å². The molecule has 0 aromatic carbocycles. The quantitative estimate of drug-likeness (QED) is 0.446. The number of hydrogen-bond donors (Lipinski definition) is 1. The fourth-order valence-corrected chi connectivity index (χ4v) is 0.531. The summed E-state index contributed by atoms with van der Waals surface area (Å²) in [4.78, 5) is 14.7. The molecule has 10 heavy (non-hydrogen) atoms. The zero-order valence-corrected chi connectivity index (χ0v) is 6.51. The molecular weight excluding hydrogens is 128 g/mol. The first-order valence-corrected chi connectivity index (χ1v) is 3.13. The van der Waals surface area contributed by atoms with E-state index in [0.29, 0.717) is 5.70 Å². The number of allylic oxidation sites excluding steroid dienone is 1. The summed E-state index contributed by atoms with van der Waals surface area (Å²) in [6.07, 6.45) is 3.25. The van der Waals surface area contributed by atoms with Crippen LogP contribution in [-0.4, -0.2) is 19.2 Å². The Balaban J connectivity index is 4.23. The number of nitrogens with one attached hydrogen (secondary N) is 1. The highest BCUT2D eigenvalue weighted by Gasteiger charge is 2.00. The summed E-state index contributed by atoms with van der Waals surface area (Å²) in [6.45, 7) is 3.55. The zero-order chi connectivity index (χ0) is 7.98. The summed E-state index contributed by atoms with van der Waals surface area (Å²) in [5.41, 5.74) is 0.449. The van der Waals surface area contributed by atoms with Crippen LogP contribution < -0.4 is 5.32 Å². The average Bonchev–Trinajstić information content (AvgIpc) is 1.99. The van der Waals surface area contributed by atoms with Crippen LogP contribution in [0.25, 0.3) is 0 Å². The maximum atomic E-state index is 10.8. The van der Waals surface area contributed by atoms with Gasteiger partial charge in [0.1, 0.15) is 5.70 Å². The van der Waals surface area contributed by atoms with Crippen LogP contribution in [0.15, 0.2) is 16.8 Å². The number of nitrogens with zero attached hydrogens (tertiary/aromatic N) is 1. The van der Waals surface area contributed by atoms with Gasteiger partial charge >= 0.3 is 0 Å². The SMILES string of the molecule is C/C=N\C(=C/C)C(=O)NC. The molecule has 56 valence electrons. The third-order valence-corrected chi connectivity index (χ3v) is 1.00. The van der Waals surface area contributed by atoms with E-state index in [4.69, 9.17) is 0 Å². The highest BCUT2D eigenvalue weighted by Crippen LogP contribution is 1.93. The molecule has 0 aromatic rings. The second kappa shape index (κ2) is 4.73. The molecule has 0 heterocycles. The number of carbonyl (C=O) groups excluding carboxylic acids is 1. The van der Waals surface area contributed by atoms with Crippen molar-refractivity contribution in [3.8, 4) is 0 Å². The van der Waals surface area contributed by atoms with Crippen LogP contribution in [0.1, 0.15) is 13.8 Å². The lowest BCUT2D eigenvalue weighted by atomic mass is 10.4. The van der Waals surface area contributed by atoms with E-state index in [2.05, 4.69) is 10.3 Å². The van der Waals surface area contributed by atoms with Gasteiger partial charge in [-0.25, -0.2) is 0 Å². The van der Waals surface area contributed by atoms with Gasteiger partial charge in [0.15, 0.2) is 0 Å². The molecule has 0 atom stereocenters. The number of hydrogen-bond acceptors (Lipinski definition) is 2. The number of carbonyl (C=O) groups is 1. The van der Waals surface area contributed by atoms with Crippen molar-refractivity contribution < 1.29 is 4.79 Å². The summed E-state index contributed by atoms with van der Waals surface area (Å²) >= 11 is 0. The average molecular weight is 140 g/mol. The Kier molecular flexibility index (Phi) is 4.20. The second-order valence-electron chi connectivity index (χ2n) is 1.64. The van der Waals surface area contributed by atoms with Crippen molar-refractivity contribution in [3.63, 3.8) is 0 Å². The van der Waals surface area contributed by atoms with Crippen molar-refractivity contribution in [2.24, 2.45) is 4.99 Å². The Labute approximate surface area is 60.8 Å². The number of aliphatic imine (C=N–C) groups is 1. The van der Waals surface area contributed by atoms with E-state index in [1.54, 1.807) is 33.2 Å². The molecule has 0 aromatic heterocycles. The van der Waals surface area contributed by atoms with E-state index in [0.717, 1.165) is 0 Å². The fourth-order valence-electron chi connectivity index (χ4n) is 0.531. The van der Waals surface area contributed by atoms with Gasteiger partial charge in [-0.15, -0.1) is 0 Å². The lowest BCUT2D eigenvalue weighted by Crippen LogP contribution is -2.18. The largest absolute Gasteiger partial charge is 0.354 e. The minimum Gasteiger partial charge on any atom is -0.354 e. The first-order valence-electron chi connectivity index (χ1n) is 3.13. The van der Waals surface area contributed by atoms with E-state index in [9.17, 15) is 4.79 Å². The number of likely N-dealkylation sites (N-methyl/N-ethyl adjacent to an activating group) is 1. The van der Waals surface area contributed by atoms with Gasteiger partial charge in [0.05, 0.1) is 0 Å². The molecular formula is C7H12N2O. The molecule has 0 spiro atoms. The van der Waals surface area contributed by atoms with Crippen LogP contribution >= 0.6 is 0 Å². The standard InChI is InChI=1S/C7H12N2O/c1-4-6(9-5-2)7(10)8-3/h4-5H,1-3H3,(H,8,10)/b6-4-,9-5-. The van der Waals surface area contributed by atoms with Gasteiger partial charge < -0.3 is 5.32 Å². The molecule has 0 aliphatic carbocycles. The first-order chi connectivity index (χ1) is 4.76. The molecule has 1 N–H and O–H groups in total. The van der Waals surface area contributed by atoms with E-state index >= 15 is 0 Å². The van der Waals surface area contributed by atoms with Crippen LogP contribution in [0.2, 0.25) is 0 Å². The molecule has 0 radical (unpaired) electrons. The summed E-state index contributed by atoms with van der Waals surface area (Å²) in [5, 5.41) is 2.48. The highest BCUT2D eigenvalue weighted by atomic mass is 16.1. The second-order valence-corrected chi connectivity index (χ2v) is 1.64. The van der Waals surface area contributed by atoms with Gasteiger partial charge in [0.25, 0.3) is 5.91 Å². The normalized spacial score (nSPS) is 12.1. The fraction of sp³-hybridized carbons (Fsp3) is 0.429. The molecule has 0 rings (SSSR count). The molecule has 3 nitrogen and oxygen atoms in total. The summed E-state index contributed by atoms with van der Waals surface area (Å²) in [5.74, 6) is -0.152. The Morgan fingerprint density at radius 3 is 2.40 bits per heavy atom. The molecule has 3 heteroatoms. The minimum atomic E-state index is -0.152. The number of amides is 1. The van der Waals surface area contributed by atoms with Crippen molar-refractivity contribution in [1.82, 2.24) is 5.32 Å². The third kappa shape index (κ3) is 2.44. The lowest BCUT2D eigenvalue weighted by Gasteiger charge is -1.96. The van der Waals surface area contributed by atoms with Gasteiger partial charge in [0.2, 0.25) is 0 Å². The Morgan fingerprint density at radius 2 is 2.10 bits per heavy atom. The lowest BCUT2D eigenvalue weighted by molar-refractivity contribution is -0.117. The Bertz CT molecular complexity index is 170.